The van der Waals surface area contributed by atoms with E-state index in [1.54, 1.807) is 0 Å². The average molecular weight is 639 g/mol. The van der Waals surface area contributed by atoms with Gasteiger partial charge in [0.2, 0.25) is 0 Å². The molecule has 0 heterocycles. The van der Waals surface area contributed by atoms with Crippen molar-refractivity contribution < 1.29 is 38.9 Å². The van der Waals surface area contributed by atoms with Crippen molar-refractivity contribution in [2.45, 2.75) is 112 Å². The number of aliphatic carboxylic acids is 2. The van der Waals surface area contributed by atoms with Gasteiger partial charge in [0.25, 0.3) is 0 Å². The number of esters is 2. The second kappa shape index (κ2) is 12.0. The number of carbonyl (C=O) groups is 4. The van der Waals surface area contributed by atoms with E-state index in [0.717, 1.165) is 88.5 Å². The van der Waals surface area contributed by atoms with E-state index in [2.05, 4.69) is 48.1 Å². The standard InChI is InChI=1S/C38H54O8/c1-23(2)24-14-19-38(22-45-31(43)12-10-29(39)40)21-20-36(6)25(33(24)38)8-9-27-35(5)17-16-28(46-32(44)13-11-30(41)42)34(3,4)26(35)15-18-37(27,36)7/h10-13,24-28,33H,1,8-9,14-22H2,2-7H3,(H,39,40)(H,41,42)/b12-10-,13-11-/t24-,25+,26-,27+,28-,33+,35-,36+,37+,38+/m0/s1. The van der Waals surface area contributed by atoms with Crippen LogP contribution in [0.25, 0.3) is 0 Å². The second-order valence-electron chi connectivity index (χ2n) is 16.8. The average Bonchev–Trinajstić information content (AvgIpc) is 3.36. The Morgan fingerprint density at radius 1 is 0.739 bits per heavy atom. The quantitative estimate of drug-likeness (QED) is 0.160. The molecule has 5 fully saturated rings. The van der Waals surface area contributed by atoms with E-state index in [4.69, 9.17) is 19.7 Å². The first-order valence-electron chi connectivity index (χ1n) is 17.3. The summed E-state index contributed by atoms with van der Waals surface area (Å²) in [7, 11) is 0. The molecule has 0 bridgehead atoms. The molecular formula is C38H54O8. The van der Waals surface area contributed by atoms with Crippen molar-refractivity contribution in [1.82, 2.24) is 0 Å². The molecule has 0 spiro atoms. The summed E-state index contributed by atoms with van der Waals surface area (Å²) in [5, 5.41) is 17.9. The van der Waals surface area contributed by atoms with Gasteiger partial charge < -0.3 is 19.7 Å². The Hall–Kier alpha value is -2.90. The van der Waals surface area contributed by atoms with Gasteiger partial charge in [0.1, 0.15) is 6.10 Å². The first-order chi connectivity index (χ1) is 21.4. The number of hydrogen-bond donors (Lipinski definition) is 2. The lowest BCUT2D eigenvalue weighted by Gasteiger charge is -2.73. The van der Waals surface area contributed by atoms with Crippen LogP contribution in [0.1, 0.15) is 106 Å². The summed E-state index contributed by atoms with van der Waals surface area (Å²) in [6.07, 6.45) is 13.7. The van der Waals surface area contributed by atoms with Crippen LogP contribution >= 0.6 is 0 Å². The first-order valence-corrected chi connectivity index (χ1v) is 17.3. The monoisotopic (exact) mass is 638 g/mol. The van der Waals surface area contributed by atoms with Gasteiger partial charge >= 0.3 is 23.9 Å². The fraction of sp³-hybridized carbons (Fsp3) is 0.737. The number of ether oxygens (including phenoxy) is 2. The van der Waals surface area contributed by atoms with Gasteiger partial charge in [-0.25, -0.2) is 19.2 Å². The van der Waals surface area contributed by atoms with E-state index in [1.165, 1.54) is 5.57 Å². The van der Waals surface area contributed by atoms with Crippen LogP contribution in [0.5, 0.6) is 0 Å². The van der Waals surface area contributed by atoms with Gasteiger partial charge in [-0.1, -0.05) is 46.8 Å². The lowest BCUT2D eigenvalue weighted by Crippen LogP contribution is -2.67. The lowest BCUT2D eigenvalue weighted by molar-refractivity contribution is -0.251. The molecule has 8 heteroatoms. The Bertz CT molecular complexity index is 1340. The normalized spacial score (nSPS) is 42.7. The Kier molecular flexibility index (Phi) is 8.96. The Morgan fingerprint density at radius 2 is 1.39 bits per heavy atom. The highest BCUT2D eigenvalue weighted by atomic mass is 16.5. The van der Waals surface area contributed by atoms with Crippen molar-refractivity contribution in [3.05, 3.63) is 36.5 Å². The van der Waals surface area contributed by atoms with Gasteiger partial charge in [-0.2, -0.15) is 0 Å². The van der Waals surface area contributed by atoms with E-state index in [1.807, 2.05) is 0 Å². The van der Waals surface area contributed by atoms with Crippen molar-refractivity contribution in [2.24, 2.45) is 56.7 Å². The van der Waals surface area contributed by atoms with E-state index >= 15 is 0 Å². The molecule has 2 N–H and O–H groups in total. The van der Waals surface area contributed by atoms with Crippen molar-refractivity contribution in [3.8, 4) is 0 Å². The molecule has 10 atom stereocenters. The number of carboxylic acids is 2. The molecule has 0 aromatic carbocycles. The summed E-state index contributed by atoms with van der Waals surface area (Å²) in [4.78, 5) is 46.9. The highest BCUT2D eigenvalue weighted by Crippen LogP contribution is 2.77. The molecule has 254 valence electrons. The van der Waals surface area contributed by atoms with Crippen molar-refractivity contribution in [3.63, 3.8) is 0 Å². The maximum absolute atomic E-state index is 12.5. The predicted octanol–water partition coefficient (Wildman–Crippen LogP) is 7.38. The minimum atomic E-state index is -1.16. The maximum Gasteiger partial charge on any atom is 0.331 e. The van der Waals surface area contributed by atoms with Crippen LogP contribution in [0, 0.1) is 56.7 Å². The number of carbonyl (C=O) groups excluding carboxylic acids is 2. The molecule has 0 saturated heterocycles. The van der Waals surface area contributed by atoms with Crippen LogP contribution in [0.4, 0.5) is 0 Å². The molecule has 0 aromatic heterocycles. The molecular weight excluding hydrogens is 584 g/mol. The third-order valence-electron chi connectivity index (χ3n) is 14.7. The summed E-state index contributed by atoms with van der Waals surface area (Å²) < 4.78 is 11.7. The van der Waals surface area contributed by atoms with Crippen molar-refractivity contribution in [2.75, 3.05) is 6.61 Å². The fourth-order valence-corrected chi connectivity index (χ4v) is 12.4. The zero-order chi connectivity index (χ0) is 33.9. The molecule has 5 rings (SSSR count). The molecule has 0 aromatic rings. The van der Waals surface area contributed by atoms with Crippen LogP contribution in [0.3, 0.4) is 0 Å². The molecule has 5 aliphatic rings. The van der Waals surface area contributed by atoms with Gasteiger partial charge in [-0.3, -0.25) is 0 Å². The van der Waals surface area contributed by atoms with E-state index in [0.29, 0.717) is 36.2 Å². The van der Waals surface area contributed by atoms with E-state index < -0.39 is 23.9 Å². The van der Waals surface area contributed by atoms with Crippen LogP contribution in [-0.4, -0.2) is 46.8 Å². The summed E-state index contributed by atoms with van der Waals surface area (Å²) in [5.74, 6) is -1.37. The molecule has 5 saturated carbocycles. The first kappa shape index (κ1) is 34.4. The fourth-order valence-electron chi connectivity index (χ4n) is 12.4. The molecule has 0 unspecified atom stereocenters. The molecule has 0 aliphatic heterocycles. The number of rotatable bonds is 8. The molecule has 0 amide bonds. The molecule has 46 heavy (non-hydrogen) atoms. The zero-order valence-electron chi connectivity index (χ0n) is 28.6. The number of carboxylic acid groups (broad SMARTS) is 2. The van der Waals surface area contributed by atoms with Crippen LogP contribution in [0.2, 0.25) is 0 Å². The van der Waals surface area contributed by atoms with Crippen LogP contribution in [-0.2, 0) is 28.7 Å². The van der Waals surface area contributed by atoms with Gasteiger partial charge in [0, 0.05) is 35.1 Å². The Balaban J connectivity index is 1.41. The van der Waals surface area contributed by atoms with E-state index in [9.17, 15) is 19.2 Å². The van der Waals surface area contributed by atoms with Gasteiger partial charge in [-0.15, -0.1) is 0 Å². The van der Waals surface area contributed by atoms with Crippen LogP contribution in [0.15, 0.2) is 36.5 Å². The summed E-state index contributed by atoms with van der Waals surface area (Å²) >= 11 is 0. The minimum absolute atomic E-state index is 0.0915. The smallest absolute Gasteiger partial charge is 0.331 e. The third kappa shape index (κ3) is 5.45. The number of hydrogen-bond acceptors (Lipinski definition) is 6. The molecule has 8 nitrogen and oxygen atoms in total. The lowest BCUT2D eigenvalue weighted by atomic mass is 9.32. The topological polar surface area (TPSA) is 127 Å². The Morgan fingerprint density at radius 3 is 2.02 bits per heavy atom. The van der Waals surface area contributed by atoms with E-state index in [-0.39, 0.29) is 33.2 Å². The summed E-state index contributed by atoms with van der Waals surface area (Å²) in [6, 6.07) is 0. The predicted molar refractivity (Wildman–Crippen MR) is 173 cm³/mol. The number of allylic oxidation sites excluding steroid dienone is 1. The Labute approximate surface area is 274 Å². The molecule has 5 aliphatic carbocycles. The van der Waals surface area contributed by atoms with Crippen LogP contribution < -0.4 is 0 Å². The van der Waals surface area contributed by atoms with Gasteiger partial charge in [0.15, 0.2) is 0 Å². The highest BCUT2D eigenvalue weighted by molar-refractivity contribution is 5.91. The van der Waals surface area contributed by atoms with Gasteiger partial charge in [-0.05, 0) is 117 Å². The second-order valence-corrected chi connectivity index (χ2v) is 16.8. The van der Waals surface area contributed by atoms with Gasteiger partial charge in [0.05, 0.1) is 6.61 Å². The third-order valence-corrected chi connectivity index (χ3v) is 14.7. The minimum Gasteiger partial charge on any atom is -0.478 e. The van der Waals surface area contributed by atoms with Crippen molar-refractivity contribution >= 4 is 23.9 Å². The summed E-state index contributed by atoms with van der Waals surface area (Å²) in [6.45, 7) is 19.0. The SMILES string of the molecule is C=C(C)[C@@H]1CC[C@]2(COC(=O)/C=C\C(=O)O)CC[C@]3(C)[C@H](CC[C@@H]4[C@@]5(C)CC[C@H](OC(=O)/C=C\C(=O)O)C(C)(C)[C@@H]5CC[C@]43C)[C@@H]12. The number of fused-ring (bicyclic) bond motifs is 7. The maximum atomic E-state index is 12.5. The molecule has 0 radical (unpaired) electrons. The van der Waals surface area contributed by atoms with Crippen molar-refractivity contribution in [1.29, 1.82) is 0 Å². The summed E-state index contributed by atoms with van der Waals surface area (Å²) in [5.41, 5.74) is 1.18. The highest BCUT2D eigenvalue weighted by Gasteiger charge is 2.71. The zero-order valence-corrected chi connectivity index (χ0v) is 28.6. The largest absolute Gasteiger partial charge is 0.478 e.